The van der Waals surface area contributed by atoms with Gasteiger partial charge < -0.3 is 0 Å². The van der Waals surface area contributed by atoms with E-state index in [2.05, 4.69) is 25.8 Å². The molecule has 0 unspecified atom stereocenters. The Hall–Kier alpha value is -1.19. The average Bonchev–Trinajstić information content (AvgIpc) is 2.15. The fourth-order valence-corrected chi connectivity index (χ4v) is 1.38. The Kier molecular flexibility index (Phi) is 3.80. The predicted molar refractivity (Wildman–Crippen MR) is 62.5 cm³/mol. The monoisotopic (exact) mass is 204 g/mol. The second-order valence-corrected chi connectivity index (χ2v) is 3.87. The minimum atomic E-state index is 0.737. The molecular formula is C13H13Cl. The summed E-state index contributed by atoms with van der Waals surface area (Å²) in [5.41, 5.74) is 3.32. The third-order valence-electron chi connectivity index (χ3n) is 1.95. The largest absolute Gasteiger partial charge is 0.115 e. The highest BCUT2D eigenvalue weighted by molar-refractivity contribution is 6.30. The van der Waals surface area contributed by atoms with Gasteiger partial charge in [-0.2, -0.15) is 0 Å². The van der Waals surface area contributed by atoms with Gasteiger partial charge in [-0.05, 0) is 44.0 Å². The Labute approximate surface area is 90.6 Å². The quantitative estimate of drug-likeness (QED) is 0.508. The van der Waals surface area contributed by atoms with Crippen LogP contribution in [0.2, 0.25) is 5.02 Å². The highest BCUT2D eigenvalue weighted by Crippen LogP contribution is 2.16. The van der Waals surface area contributed by atoms with E-state index >= 15 is 0 Å². The zero-order chi connectivity index (χ0) is 10.6. The predicted octanol–water partition coefficient (Wildman–Crippen LogP) is 3.83. The van der Waals surface area contributed by atoms with Crippen molar-refractivity contribution in [1.82, 2.24) is 0 Å². The topological polar surface area (TPSA) is 0 Å². The maximum Gasteiger partial charge on any atom is 0.0409 e. The van der Waals surface area contributed by atoms with E-state index in [-0.39, 0.29) is 0 Å². The van der Waals surface area contributed by atoms with Gasteiger partial charge in [0.2, 0.25) is 0 Å². The molecule has 0 aliphatic rings. The lowest BCUT2D eigenvalue weighted by atomic mass is 10.0. The summed E-state index contributed by atoms with van der Waals surface area (Å²) in [5.74, 6) is 2.66. The van der Waals surface area contributed by atoms with Crippen molar-refractivity contribution < 1.29 is 0 Å². The minimum absolute atomic E-state index is 0.737. The number of benzene rings is 1. The average molecular weight is 205 g/mol. The molecule has 0 nitrogen and oxygen atoms in total. The zero-order valence-electron chi connectivity index (χ0n) is 8.47. The third kappa shape index (κ3) is 2.94. The molecule has 0 bridgehead atoms. The molecule has 0 aliphatic heterocycles. The standard InChI is InChI=1S/C13H13Cl/c1-4-11-7-8-13(14)9-12(11)6-5-10(2)3/h1,5,7-9H,6H2,2-3H3. The number of allylic oxidation sites excluding steroid dienone is 2. The molecule has 0 radical (unpaired) electrons. The minimum Gasteiger partial charge on any atom is -0.115 e. The van der Waals surface area contributed by atoms with Crippen molar-refractivity contribution in [3.8, 4) is 12.3 Å². The molecule has 0 N–H and O–H groups in total. The maximum atomic E-state index is 5.90. The van der Waals surface area contributed by atoms with Crippen LogP contribution in [0.3, 0.4) is 0 Å². The van der Waals surface area contributed by atoms with Gasteiger partial charge in [-0.3, -0.25) is 0 Å². The molecular weight excluding hydrogens is 192 g/mol. The number of terminal acetylenes is 1. The summed E-state index contributed by atoms with van der Waals surface area (Å²) in [6, 6.07) is 5.63. The highest BCUT2D eigenvalue weighted by atomic mass is 35.5. The first kappa shape index (κ1) is 10.9. The van der Waals surface area contributed by atoms with Crippen molar-refractivity contribution in [3.05, 3.63) is 46.0 Å². The molecule has 72 valence electrons. The van der Waals surface area contributed by atoms with E-state index in [9.17, 15) is 0 Å². The molecule has 0 aromatic heterocycles. The summed E-state index contributed by atoms with van der Waals surface area (Å²) >= 11 is 5.90. The second kappa shape index (κ2) is 4.88. The van der Waals surface area contributed by atoms with Gasteiger partial charge in [0.1, 0.15) is 0 Å². The molecule has 1 aromatic carbocycles. The molecule has 1 aromatic rings. The summed E-state index contributed by atoms with van der Waals surface area (Å²) in [6.07, 6.45) is 8.39. The SMILES string of the molecule is C#Cc1ccc(Cl)cc1CC=C(C)C. The molecule has 0 saturated heterocycles. The Morgan fingerprint density at radius 3 is 2.79 bits per heavy atom. The summed E-state index contributed by atoms with van der Waals surface area (Å²) in [5, 5.41) is 0.737. The number of hydrogen-bond acceptors (Lipinski definition) is 0. The third-order valence-corrected chi connectivity index (χ3v) is 2.19. The Bertz CT molecular complexity index is 390. The van der Waals surface area contributed by atoms with Gasteiger partial charge >= 0.3 is 0 Å². The van der Waals surface area contributed by atoms with Crippen molar-refractivity contribution in [2.24, 2.45) is 0 Å². The van der Waals surface area contributed by atoms with Crippen molar-refractivity contribution >= 4 is 11.6 Å². The van der Waals surface area contributed by atoms with Crippen LogP contribution < -0.4 is 0 Å². The summed E-state index contributed by atoms with van der Waals surface area (Å²) in [7, 11) is 0. The van der Waals surface area contributed by atoms with E-state index in [1.165, 1.54) is 5.57 Å². The lowest BCUT2D eigenvalue weighted by Crippen LogP contribution is -1.88. The number of halogens is 1. The second-order valence-electron chi connectivity index (χ2n) is 3.43. The molecule has 0 spiro atoms. The molecule has 14 heavy (non-hydrogen) atoms. The molecule has 1 rings (SSSR count). The normalized spacial score (nSPS) is 9.29. The Balaban J connectivity index is 3.01. The van der Waals surface area contributed by atoms with E-state index in [0.717, 1.165) is 22.6 Å². The van der Waals surface area contributed by atoms with Gasteiger partial charge in [0.15, 0.2) is 0 Å². The Morgan fingerprint density at radius 2 is 2.21 bits per heavy atom. The van der Waals surface area contributed by atoms with Crippen LogP contribution in [-0.4, -0.2) is 0 Å². The fourth-order valence-electron chi connectivity index (χ4n) is 1.19. The van der Waals surface area contributed by atoms with E-state index in [4.69, 9.17) is 18.0 Å². The number of hydrogen-bond donors (Lipinski definition) is 0. The lowest BCUT2D eigenvalue weighted by molar-refractivity contribution is 1.20. The number of rotatable bonds is 2. The van der Waals surface area contributed by atoms with Crippen LogP contribution in [0.5, 0.6) is 0 Å². The van der Waals surface area contributed by atoms with Gasteiger partial charge in [0.05, 0.1) is 0 Å². The molecule has 0 saturated carbocycles. The van der Waals surface area contributed by atoms with Gasteiger partial charge in [-0.15, -0.1) is 6.42 Å². The first-order chi connectivity index (χ1) is 6.63. The molecule has 0 aliphatic carbocycles. The van der Waals surface area contributed by atoms with E-state index in [1.807, 2.05) is 18.2 Å². The first-order valence-corrected chi connectivity index (χ1v) is 4.89. The molecule has 0 atom stereocenters. The van der Waals surface area contributed by atoms with Crippen molar-refractivity contribution in [2.45, 2.75) is 20.3 Å². The van der Waals surface area contributed by atoms with Crippen LogP contribution in [0.1, 0.15) is 25.0 Å². The fraction of sp³-hybridized carbons (Fsp3) is 0.231. The van der Waals surface area contributed by atoms with Crippen LogP contribution in [0.15, 0.2) is 29.8 Å². The molecule has 0 heterocycles. The molecule has 0 fully saturated rings. The van der Waals surface area contributed by atoms with Crippen molar-refractivity contribution in [3.63, 3.8) is 0 Å². The smallest absolute Gasteiger partial charge is 0.0409 e. The van der Waals surface area contributed by atoms with Crippen molar-refractivity contribution in [2.75, 3.05) is 0 Å². The Morgan fingerprint density at radius 1 is 1.50 bits per heavy atom. The highest BCUT2D eigenvalue weighted by Gasteiger charge is 1.99. The van der Waals surface area contributed by atoms with Crippen LogP contribution in [0, 0.1) is 12.3 Å². The van der Waals surface area contributed by atoms with Crippen LogP contribution in [0.25, 0.3) is 0 Å². The molecule has 1 heteroatoms. The summed E-state index contributed by atoms with van der Waals surface area (Å²) in [6.45, 7) is 4.14. The van der Waals surface area contributed by atoms with Gasteiger partial charge in [-0.1, -0.05) is 29.2 Å². The molecule has 0 amide bonds. The van der Waals surface area contributed by atoms with Gasteiger partial charge in [0.25, 0.3) is 0 Å². The van der Waals surface area contributed by atoms with E-state index < -0.39 is 0 Å². The van der Waals surface area contributed by atoms with Crippen LogP contribution in [-0.2, 0) is 6.42 Å². The van der Waals surface area contributed by atoms with Gasteiger partial charge in [0, 0.05) is 10.6 Å². The zero-order valence-corrected chi connectivity index (χ0v) is 9.23. The summed E-state index contributed by atoms with van der Waals surface area (Å²) < 4.78 is 0. The lowest BCUT2D eigenvalue weighted by Gasteiger charge is -2.02. The van der Waals surface area contributed by atoms with E-state index in [1.54, 1.807) is 0 Å². The maximum absolute atomic E-state index is 5.90. The first-order valence-electron chi connectivity index (χ1n) is 4.52. The van der Waals surface area contributed by atoms with Gasteiger partial charge in [-0.25, -0.2) is 0 Å². The van der Waals surface area contributed by atoms with Crippen molar-refractivity contribution in [1.29, 1.82) is 0 Å². The summed E-state index contributed by atoms with van der Waals surface area (Å²) in [4.78, 5) is 0. The van der Waals surface area contributed by atoms with Crippen LogP contribution in [0.4, 0.5) is 0 Å². The van der Waals surface area contributed by atoms with E-state index in [0.29, 0.717) is 0 Å². The van der Waals surface area contributed by atoms with Crippen LogP contribution >= 0.6 is 11.6 Å².